The van der Waals surface area contributed by atoms with Crippen molar-refractivity contribution in [1.82, 2.24) is 0 Å². The van der Waals surface area contributed by atoms with Crippen molar-refractivity contribution in [3.8, 4) is 11.5 Å². The van der Waals surface area contributed by atoms with E-state index < -0.39 is 17.9 Å². The van der Waals surface area contributed by atoms with Crippen LogP contribution in [0.3, 0.4) is 0 Å². The van der Waals surface area contributed by atoms with Crippen molar-refractivity contribution in [2.24, 2.45) is 0 Å². The number of amides is 2. The Morgan fingerprint density at radius 2 is 1.69 bits per heavy atom. The number of ether oxygens (including phenoxy) is 2. The number of fused-ring (bicyclic) bond motifs is 2. The van der Waals surface area contributed by atoms with Crippen LogP contribution < -0.4 is 20.1 Å². The molecule has 0 bridgehead atoms. The van der Waals surface area contributed by atoms with Gasteiger partial charge in [0.1, 0.15) is 17.9 Å². The first-order valence-electron chi connectivity index (χ1n) is 10.2. The molecule has 160 valence electrons. The molecule has 0 unspecified atom stereocenters. The summed E-state index contributed by atoms with van der Waals surface area (Å²) in [5.74, 6) is 0.194. The highest BCUT2D eigenvalue weighted by atomic mass is 16.6. The Balaban J connectivity index is 1.43. The number of aryl methyl sites for hydroxylation is 1. The molecule has 2 heterocycles. The van der Waals surface area contributed by atoms with Crippen LogP contribution in [0.5, 0.6) is 11.5 Å². The third-order valence-electron chi connectivity index (χ3n) is 5.13. The molecule has 7 nitrogen and oxygen atoms in total. The molecule has 32 heavy (non-hydrogen) atoms. The largest absolute Gasteiger partial charge is 0.485 e. The van der Waals surface area contributed by atoms with Gasteiger partial charge in [-0.1, -0.05) is 36.4 Å². The fraction of sp³-hybridized carbons (Fsp3) is 0.120. The number of carbonyl (C=O) groups is 2. The molecule has 2 amide bonds. The summed E-state index contributed by atoms with van der Waals surface area (Å²) in [5, 5.41) is 6.26. The lowest BCUT2D eigenvalue weighted by atomic mass is 10.2. The molecule has 0 saturated carbocycles. The van der Waals surface area contributed by atoms with E-state index in [1.807, 2.05) is 37.3 Å². The molecule has 5 rings (SSSR count). The zero-order chi connectivity index (χ0) is 22.1. The Hall–Kier alpha value is -4.26. The van der Waals surface area contributed by atoms with E-state index in [4.69, 9.17) is 13.9 Å². The number of anilines is 2. The SMILES string of the molecule is Cc1cccc(NC(=O)c2oc3ccccc3c2NC(=O)[C@H]2COc3ccccc3O2)c1. The molecule has 2 N–H and O–H groups in total. The van der Waals surface area contributed by atoms with Gasteiger partial charge in [-0.05, 0) is 48.9 Å². The van der Waals surface area contributed by atoms with Crippen LogP contribution in [0.2, 0.25) is 0 Å². The number of rotatable bonds is 4. The van der Waals surface area contributed by atoms with Crippen molar-refractivity contribution < 1.29 is 23.5 Å². The number of para-hydroxylation sites is 3. The number of hydrogen-bond donors (Lipinski definition) is 2. The molecular formula is C25H20N2O5. The Bertz CT molecular complexity index is 1330. The van der Waals surface area contributed by atoms with Gasteiger partial charge in [0.25, 0.3) is 11.8 Å². The summed E-state index contributed by atoms with van der Waals surface area (Å²) in [6, 6.07) is 21.7. The van der Waals surface area contributed by atoms with Crippen molar-refractivity contribution >= 4 is 34.2 Å². The number of benzene rings is 3. The molecule has 1 aliphatic heterocycles. The Morgan fingerprint density at radius 3 is 2.53 bits per heavy atom. The maximum atomic E-state index is 13.0. The Kier molecular flexibility index (Phi) is 4.99. The first kappa shape index (κ1) is 19.7. The van der Waals surface area contributed by atoms with Crippen molar-refractivity contribution in [3.05, 3.63) is 84.1 Å². The van der Waals surface area contributed by atoms with Crippen LogP contribution in [0, 0.1) is 6.92 Å². The van der Waals surface area contributed by atoms with Gasteiger partial charge < -0.3 is 24.5 Å². The minimum absolute atomic E-state index is 0.0122. The summed E-state index contributed by atoms with van der Waals surface area (Å²) in [6.07, 6.45) is -0.869. The van der Waals surface area contributed by atoms with Gasteiger partial charge in [0.15, 0.2) is 11.5 Å². The van der Waals surface area contributed by atoms with Gasteiger partial charge in [0, 0.05) is 11.1 Å². The summed E-state index contributed by atoms with van der Waals surface area (Å²) >= 11 is 0. The van der Waals surface area contributed by atoms with Gasteiger partial charge in [-0.15, -0.1) is 0 Å². The predicted molar refractivity (Wildman–Crippen MR) is 120 cm³/mol. The topological polar surface area (TPSA) is 89.8 Å². The fourth-order valence-electron chi connectivity index (χ4n) is 3.59. The van der Waals surface area contributed by atoms with E-state index in [9.17, 15) is 9.59 Å². The van der Waals surface area contributed by atoms with Crippen LogP contribution in [0.4, 0.5) is 11.4 Å². The van der Waals surface area contributed by atoms with Crippen LogP contribution in [0.1, 0.15) is 16.1 Å². The fourth-order valence-corrected chi connectivity index (χ4v) is 3.59. The van der Waals surface area contributed by atoms with Crippen molar-refractivity contribution in [2.45, 2.75) is 13.0 Å². The maximum absolute atomic E-state index is 13.0. The molecular weight excluding hydrogens is 408 g/mol. The van der Waals surface area contributed by atoms with E-state index in [0.717, 1.165) is 5.56 Å². The minimum atomic E-state index is -0.869. The molecule has 0 fully saturated rings. The molecule has 0 spiro atoms. The molecule has 0 saturated heterocycles. The van der Waals surface area contributed by atoms with Gasteiger partial charge in [0.2, 0.25) is 11.9 Å². The highest BCUT2D eigenvalue weighted by Gasteiger charge is 2.30. The first-order chi connectivity index (χ1) is 15.6. The average molecular weight is 428 g/mol. The van der Waals surface area contributed by atoms with Gasteiger partial charge in [0.05, 0.1) is 0 Å². The van der Waals surface area contributed by atoms with Crippen molar-refractivity contribution in [2.75, 3.05) is 17.2 Å². The van der Waals surface area contributed by atoms with E-state index in [-0.39, 0.29) is 12.4 Å². The molecule has 1 aliphatic rings. The van der Waals surface area contributed by atoms with E-state index >= 15 is 0 Å². The standard InChI is InChI=1S/C25H20N2O5/c1-15-7-6-8-16(13-15)26-25(29)23-22(17-9-2-3-10-18(17)32-23)27-24(28)21-14-30-19-11-4-5-12-20(19)31-21/h2-13,21H,14H2,1H3,(H,26,29)(H,27,28)/t21-/m1/s1. The first-order valence-corrected chi connectivity index (χ1v) is 10.2. The van der Waals surface area contributed by atoms with Gasteiger partial charge in [-0.25, -0.2) is 0 Å². The Morgan fingerprint density at radius 1 is 0.906 bits per heavy atom. The van der Waals surface area contributed by atoms with E-state index in [2.05, 4.69) is 10.6 Å². The highest BCUT2D eigenvalue weighted by Crippen LogP contribution is 2.34. The quantitative estimate of drug-likeness (QED) is 0.489. The van der Waals surface area contributed by atoms with Gasteiger partial charge >= 0.3 is 0 Å². The number of furan rings is 1. The maximum Gasteiger partial charge on any atom is 0.293 e. The normalized spacial score (nSPS) is 14.7. The molecule has 0 radical (unpaired) electrons. The lowest BCUT2D eigenvalue weighted by molar-refractivity contribution is -0.125. The van der Waals surface area contributed by atoms with E-state index in [0.29, 0.717) is 33.8 Å². The zero-order valence-electron chi connectivity index (χ0n) is 17.3. The second kappa shape index (κ2) is 8.11. The third kappa shape index (κ3) is 3.76. The van der Waals surface area contributed by atoms with Crippen LogP contribution in [0.15, 0.2) is 77.2 Å². The van der Waals surface area contributed by atoms with Crippen molar-refractivity contribution in [1.29, 1.82) is 0 Å². The van der Waals surface area contributed by atoms with Gasteiger partial charge in [-0.2, -0.15) is 0 Å². The lowest BCUT2D eigenvalue weighted by Crippen LogP contribution is -2.40. The summed E-state index contributed by atoms with van der Waals surface area (Å²) in [4.78, 5) is 26.0. The number of carbonyl (C=O) groups excluding carboxylic acids is 2. The summed E-state index contributed by atoms with van der Waals surface area (Å²) in [5.41, 5.74) is 2.42. The monoisotopic (exact) mass is 428 g/mol. The lowest BCUT2D eigenvalue weighted by Gasteiger charge is -2.25. The van der Waals surface area contributed by atoms with Gasteiger partial charge in [-0.3, -0.25) is 9.59 Å². The highest BCUT2D eigenvalue weighted by molar-refractivity contribution is 6.15. The molecule has 4 aromatic rings. The van der Waals surface area contributed by atoms with Crippen LogP contribution >= 0.6 is 0 Å². The zero-order valence-corrected chi connectivity index (χ0v) is 17.3. The third-order valence-corrected chi connectivity index (χ3v) is 5.13. The smallest absolute Gasteiger partial charge is 0.293 e. The average Bonchev–Trinajstić information content (AvgIpc) is 3.17. The molecule has 0 aliphatic carbocycles. The van der Waals surface area contributed by atoms with Crippen LogP contribution in [-0.2, 0) is 4.79 Å². The molecule has 7 heteroatoms. The predicted octanol–water partition coefficient (Wildman–Crippen LogP) is 4.77. The van der Waals surface area contributed by atoms with Crippen LogP contribution in [-0.4, -0.2) is 24.5 Å². The summed E-state index contributed by atoms with van der Waals surface area (Å²) < 4.78 is 17.2. The van der Waals surface area contributed by atoms with Crippen molar-refractivity contribution in [3.63, 3.8) is 0 Å². The number of hydrogen-bond acceptors (Lipinski definition) is 5. The van der Waals surface area contributed by atoms with Crippen LogP contribution in [0.25, 0.3) is 11.0 Å². The number of nitrogens with one attached hydrogen (secondary N) is 2. The Labute approximate surface area is 183 Å². The molecule has 1 aromatic heterocycles. The second-order valence-electron chi connectivity index (χ2n) is 7.48. The molecule has 1 atom stereocenters. The van der Waals surface area contributed by atoms with E-state index in [1.165, 1.54) is 0 Å². The summed E-state index contributed by atoms with van der Waals surface area (Å²) in [6.45, 7) is 2.00. The second-order valence-corrected chi connectivity index (χ2v) is 7.48. The molecule has 3 aromatic carbocycles. The summed E-state index contributed by atoms with van der Waals surface area (Å²) in [7, 11) is 0. The van der Waals surface area contributed by atoms with E-state index in [1.54, 1.807) is 42.5 Å². The minimum Gasteiger partial charge on any atom is -0.485 e.